The van der Waals surface area contributed by atoms with Gasteiger partial charge in [0.2, 0.25) is 0 Å². The Morgan fingerprint density at radius 1 is 1.42 bits per heavy atom. The number of hydrogen-bond donors (Lipinski definition) is 1. The number of alkyl halides is 3. The molecule has 0 fully saturated rings. The van der Waals surface area contributed by atoms with Crippen molar-refractivity contribution in [3.63, 3.8) is 0 Å². The van der Waals surface area contributed by atoms with Crippen molar-refractivity contribution in [1.29, 1.82) is 0 Å². The molecule has 0 aliphatic carbocycles. The molecule has 0 aromatic carbocycles. The third-order valence-electron chi connectivity index (χ3n) is 2.35. The van der Waals surface area contributed by atoms with E-state index < -0.39 is 11.9 Å². The van der Waals surface area contributed by atoms with E-state index in [0.717, 1.165) is 29.9 Å². The fraction of sp³-hybridized carbons (Fsp3) is 0.455. The highest BCUT2D eigenvalue weighted by Crippen LogP contribution is 2.27. The van der Waals surface area contributed by atoms with Crippen molar-refractivity contribution < 1.29 is 17.6 Å². The number of rotatable bonds is 5. The Morgan fingerprint density at radius 2 is 2.21 bits per heavy atom. The molecule has 104 valence electrons. The van der Waals surface area contributed by atoms with Crippen LogP contribution in [0.1, 0.15) is 24.7 Å². The molecule has 2 rings (SSSR count). The van der Waals surface area contributed by atoms with Crippen LogP contribution in [0.5, 0.6) is 0 Å². The van der Waals surface area contributed by atoms with Crippen LogP contribution in [0.2, 0.25) is 0 Å². The van der Waals surface area contributed by atoms with Crippen LogP contribution >= 0.6 is 0 Å². The standard InChI is InChI=1S/C11H13F3N4O/c1-2-4-15-6-8-7-19-10(16-8)18-5-3-9(17-18)11(12,13)14/h3,5,7,15H,2,4,6H2,1H3. The van der Waals surface area contributed by atoms with Crippen LogP contribution in [-0.4, -0.2) is 21.3 Å². The minimum atomic E-state index is -4.47. The molecule has 0 saturated carbocycles. The maximum atomic E-state index is 12.4. The number of oxazole rings is 1. The number of nitrogens with zero attached hydrogens (tertiary/aromatic N) is 3. The molecular weight excluding hydrogens is 261 g/mol. The first-order valence-corrected chi connectivity index (χ1v) is 5.79. The summed E-state index contributed by atoms with van der Waals surface area (Å²) in [5.41, 5.74) is -0.358. The summed E-state index contributed by atoms with van der Waals surface area (Å²) in [7, 11) is 0. The summed E-state index contributed by atoms with van der Waals surface area (Å²) >= 11 is 0. The summed E-state index contributed by atoms with van der Waals surface area (Å²) in [6.07, 6.45) is -0.924. The van der Waals surface area contributed by atoms with E-state index in [2.05, 4.69) is 15.4 Å². The van der Waals surface area contributed by atoms with Crippen LogP contribution in [0.3, 0.4) is 0 Å². The molecule has 0 radical (unpaired) electrons. The zero-order chi connectivity index (χ0) is 13.9. The third kappa shape index (κ3) is 3.34. The first kappa shape index (κ1) is 13.6. The Balaban J connectivity index is 2.08. The van der Waals surface area contributed by atoms with Crippen molar-refractivity contribution >= 4 is 0 Å². The van der Waals surface area contributed by atoms with E-state index in [9.17, 15) is 13.2 Å². The van der Waals surface area contributed by atoms with Gasteiger partial charge in [-0.15, -0.1) is 0 Å². The van der Waals surface area contributed by atoms with Crippen LogP contribution in [-0.2, 0) is 12.7 Å². The summed E-state index contributed by atoms with van der Waals surface area (Å²) in [6.45, 7) is 3.37. The Labute approximate surface area is 107 Å². The topological polar surface area (TPSA) is 55.9 Å². The van der Waals surface area contributed by atoms with Crippen molar-refractivity contribution in [3.05, 3.63) is 29.9 Å². The highest BCUT2D eigenvalue weighted by molar-refractivity contribution is 5.13. The molecule has 0 spiro atoms. The average molecular weight is 274 g/mol. The van der Waals surface area contributed by atoms with E-state index >= 15 is 0 Å². The van der Waals surface area contributed by atoms with E-state index in [1.165, 1.54) is 6.26 Å². The summed E-state index contributed by atoms with van der Waals surface area (Å²) in [5, 5.41) is 6.49. The van der Waals surface area contributed by atoms with Crippen molar-refractivity contribution in [1.82, 2.24) is 20.1 Å². The van der Waals surface area contributed by atoms with Gasteiger partial charge in [0.25, 0.3) is 0 Å². The van der Waals surface area contributed by atoms with E-state index in [-0.39, 0.29) is 6.01 Å². The molecule has 0 atom stereocenters. The second-order valence-corrected chi connectivity index (χ2v) is 3.94. The first-order chi connectivity index (χ1) is 9.00. The summed E-state index contributed by atoms with van der Waals surface area (Å²) in [4.78, 5) is 4.05. The normalized spacial score (nSPS) is 12.0. The average Bonchev–Trinajstić information content (AvgIpc) is 2.96. The summed E-state index contributed by atoms with van der Waals surface area (Å²) in [5.74, 6) is 0. The van der Waals surface area contributed by atoms with Crippen molar-refractivity contribution in [3.8, 4) is 6.01 Å². The predicted octanol–water partition coefficient (Wildman–Crippen LogP) is 2.38. The predicted molar refractivity (Wildman–Crippen MR) is 60.6 cm³/mol. The molecular formula is C11H13F3N4O. The maximum Gasteiger partial charge on any atom is 0.435 e. The van der Waals surface area contributed by atoms with Gasteiger partial charge in [-0.2, -0.15) is 27.9 Å². The number of aromatic nitrogens is 3. The quantitative estimate of drug-likeness (QED) is 0.850. The van der Waals surface area contributed by atoms with Crippen LogP contribution in [0, 0.1) is 0 Å². The summed E-state index contributed by atoms with van der Waals surface area (Å²) in [6, 6.07) is 0.892. The molecule has 1 N–H and O–H groups in total. The third-order valence-corrected chi connectivity index (χ3v) is 2.35. The molecule has 0 saturated heterocycles. The molecule has 0 unspecified atom stereocenters. The highest BCUT2D eigenvalue weighted by Gasteiger charge is 2.33. The number of hydrogen-bond acceptors (Lipinski definition) is 4. The Kier molecular flexibility index (Phi) is 3.89. The van der Waals surface area contributed by atoms with E-state index in [1.54, 1.807) is 0 Å². The van der Waals surface area contributed by atoms with Gasteiger partial charge in [0.05, 0.1) is 5.69 Å². The Morgan fingerprint density at radius 3 is 2.84 bits per heavy atom. The lowest BCUT2D eigenvalue weighted by Crippen LogP contribution is -2.14. The summed E-state index contributed by atoms with van der Waals surface area (Å²) < 4.78 is 43.2. The first-order valence-electron chi connectivity index (χ1n) is 5.79. The lowest BCUT2D eigenvalue weighted by molar-refractivity contribution is -0.141. The minimum Gasteiger partial charge on any atom is -0.430 e. The van der Waals surface area contributed by atoms with Crippen LogP contribution in [0.4, 0.5) is 13.2 Å². The van der Waals surface area contributed by atoms with Crippen molar-refractivity contribution in [2.75, 3.05) is 6.54 Å². The van der Waals surface area contributed by atoms with Gasteiger partial charge in [-0.1, -0.05) is 6.92 Å². The van der Waals surface area contributed by atoms with Gasteiger partial charge in [-0.3, -0.25) is 0 Å². The highest BCUT2D eigenvalue weighted by atomic mass is 19.4. The van der Waals surface area contributed by atoms with Gasteiger partial charge < -0.3 is 9.73 Å². The SMILES string of the molecule is CCCNCc1coc(-n2ccc(C(F)(F)F)n2)n1. The second-order valence-electron chi connectivity index (χ2n) is 3.94. The second kappa shape index (κ2) is 5.43. The maximum absolute atomic E-state index is 12.4. The molecule has 19 heavy (non-hydrogen) atoms. The van der Waals surface area contributed by atoms with Gasteiger partial charge in [0.15, 0.2) is 5.69 Å². The molecule has 0 aliphatic rings. The molecule has 8 heteroatoms. The molecule has 5 nitrogen and oxygen atoms in total. The molecule has 0 aliphatic heterocycles. The molecule has 0 amide bonds. The van der Waals surface area contributed by atoms with Crippen LogP contribution < -0.4 is 5.32 Å². The van der Waals surface area contributed by atoms with E-state index in [4.69, 9.17) is 4.42 Å². The van der Waals surface area contributed by atoms with Crippen LogP contribution in [0.25, 0.3) is 6.01 Å². The molecule has 2 aromatic rings. The van der Waals surface area contributed by atoms with Gasteiger partial charge in [0.1, 0.15) is 6.26 Å². The molecule has 2 heterocycles. The Hall–Kier alpha value is -1.83. The smallest absolute Gasteiger partial charge is 0.430 e. The lowest BCUT2D eigenvalue weighted by Gasteiger charge is -2.00. The minimum absolute atomic E-state index is 0.0174. The zero-order valence-corrected chi connectivity index (χ0v) is 10.2. The zero-order valence-electron chi connectivity index (χ0n) is 10.2. The van der Waals surface area contributed by atoms with E-state index in [0.29, 0.717) is 12.2 Å². The van der Waals surface area contributed by atoms with Gasteiger partial charge >= 0.3 is 12.2 Å². The fourth-order valence-corrected chi connectivity index (χ4v) is 1.46. The fourth-order valence-electron chi connectivity index (χ4n) is 1.46. The molecule has 0 bridgehead atoms. The van der Waals surface area contributed by atoms with E-state index in [1.807, 2.05) is 6.92 Å². The van der Waals surface area contributed by atoms with Gasteiger partial charge in [-0.25, -0.2) is 0 Å². The number of nitrogens with one attached hydrogen (secondary N) is 1. The van der Waals surface area contributed by atoms with Crippen molar-refractivity contribution in [2.45, 2.75) is 26.1 Å². The largest absolute Gasteiger partial charge is 0.435 e. The number of halogens is 3. The van der Waals surface area contributed by atoms with Crippen LogP contribution in [0.15, 0.2) is 22.9 Å². The van der Waals surface area contributed by atoms with Gasteiger partial charge in [-0.05, 0) is 19.0 Å². The van der Waals surface area contributed by atoms with Crippen molar-refractivity contribution in [2.24, 2.45) is 0 Å². The Bertz CT molecular complexity index is 532. The molecule has 2 aromatic heterocycles. The monoisotopic (exact) mass is 274 g/mol. The lowest BCUT2D eigenvalue weighted by atomic mass is 10.4. The van der Waals surface area contributed by atoms with Gasteiger partial charge in [0, 0.05) is 12.7 Å².